The summed E-state index contributed by atoms with van der Waals surface area (Å²) in [6, 6.07) is 7.50. The van der Waals surface area contributed by atoms with Gasteiger partial charge in [-0.2, -0.15) is 0 Å². The highest BCUT2D eigenvalue weighted by atomic mass is 35.5. The summed E-state index contributed by atoms with van der Waals surface area (Å²) in [6.45, 7) is 4.16. The Morgan fingerprint density at radius 3 is 2.29 bits per heavy atom. The lowest BCUT2D eigenvalue weighted by Crippen LogP contribution is -2.45. The molecule has 28 heavy (non-hydrogen) atoms. The second-order valence-corrected chi connectivity index (χ2v) is 6.54. The van der Waals surface area contributed by atoms with Gasteiger partial charge in [-0.05, 0) is 30.9 Å². The first-order chi connectivity index (χ1) is 12.8. The molecule has 0 aliphatic rings. The van der Waals surface area contributed by atoms with E-state index in [9.17, 15) is 19.5 Å². The van der Waals surface area contributed by atoms with Crippen LogP contribution in [0.3, 0.4) is 0 Å². The molecule has 0 bridgehead atoms. The van der Waals surface area contributed by atoms with Crippen molar-refractivity contribution in [3.63, 3.8) is 0 Å². The van der Waals surface area contributed by atoms with Gasteiger partial charge in [0.1, 0.15) is 18.7 Å². The van der Waals surface area contributed by atoms with Crippen molar-refractivity contribution in [3.05, 3.63) is 35.9 Å². The van der Waals surface area contributed by atoms with E-state index in [1.807, 2.05) is 44.2 Å². The van der Waals surface area contributed by atoms with Gasteiger partial charge in [0.15, 0.2) is 0 Å². The number of rotatable bonds is 11. The van der Waals surface area contributed by atoms with Crippen LogP contribution < -0.4 is 10.6 Å². The average Bonchev–Trinajstić information content (AvgIpc) is 2.64. The van der Waals surface area contributed by atoms with Gasteiger partial charge < -0.3 is 25.2 Å². The molecule has 1 rings (SSSR count). The fourth-order valence-electron chi connectivity index (χ4n) is 2.44. The Bertz CT molecular complexity index is 612. The molecule has 0 radical (unpaired) electrons. The highest BCUT2D eigenvalue weighted by Crippen LogP contribution is 2.06. The van der Waals surface area contributed by atoms with E-state index in [4.69, 9.17) is 9.47 Å². The number of carboxylic acid groups (broad SMARTS) is 1. The molecule has 1 amide bonds. The fraction of sp³-hybridized carbons (Fsp3) is 0.526. The van der Waals surface area contributed by atoms with Gasteiger partial charge in [0.25, 0.3) is 0 Å². The smallest absolute Gasteiger partial charge is 0.408 e. The van der Waals surface area contributed by atoms with E-state index in [0.29, 0.717) is 6.42 Å². The van der Waals surface area contributed by atoms with Crippen LogP contribution >= 0.6 is 12.4 Å². The van der Waals surface area contributed by atoms with Crippen molar-refractivity contribution in [2.45, 2.75) is 45.4 Å². The fourth-order valence-corrected chi connectivity index (χ4v) is 2.44. The Labute approximate surface area is 171 Å². The second-order valence-electron chi connectivity index (χ2n) is 6.54. The van der Waals surface area contributed by atoms with E-state index >= 15 is 0 Å². The Morgan fingerprint density at radius 1 is 1.11 bits per heavy atom. The van der Waals surface area contributed by atoms with Crippen LogP contribution in [0.4, 0.5) is 4.79 Å². The number of benzene rings is 1. The first kappa shape index (κ1) is 25.7. The van der Waals surface area contributed by atoms with Gasteiger partial charge in [-0.3, -0.25) is 4.79 Å². The lowest BCUT2D eigenvalue weighted by atomic mass is 10.0. The summed E-state index contributed by atoms with van der Waals surface area (Å²) >= 11 is 0. The summed E-state index contributed by atoms with van der Waals surface area (Å²) in [7, 11) is 1.22. The number of carbonyl (C=O) groups is 3. The molecular formula is C19H29ClN2O6. The normalized spacial score (nSPS) is 12.4. The SMILES string of the molecule is COC(=O)[C@@H](CCN[C@@H](CC(C)C)C(=O)O)NC(=O)OCc1ccccc1.Cl. The number of hydrogen-bond donors (Lipinski definition) is 3. The summed E-state index contributed by atoms with van der Waals surface area (Å²) in [6.07, 6.45) is -0.106. The lowest BCUT2D eigenvalue weighted by Gasteiger charge is -2.19. The number of esters is 1. The van der Waals surface area contributed by atoms with Crippen LogP contribution in [-0.4, -0.2) is 48.9 Å². The molecule has 9 heteroatoms. The number of amides is 1. The summed E-state index contributed by atoms with van der Waals surface area (Å²) in [5.74, 6) is -1.36. The van der Waals surface area contributed by atoms with Crippen LogP contribution in [0, 0.1) is 5.92 Å². The van der Waals surface area contributed by atoms with Crippen molar-refractivity contribution >= 4 is 30.4 Å². The number of aliphatic carboxylic acids is 1. The first-order valence-electron chi connectivity index (χ1n) is 8.84. The van der Waals surface area contributed by atoms with Crippen LogP contribution in [0.25, 0.3) is 0 Å². The number of carbonyl (C=O) groups excluding carboxylic acids is 2. The monoisotopic (exact) mass is 416 g/mol. The van der Waals surface area contributed by atoms with E-state index in [1.54, 1.807) is 0 Å². The van der Waals surface area contributed by atoms with Crippen molar-refractivity contribution in [2.24, 2.45) is 5.92 Å². The number of nitrogens with one attached hydrogen (secondary N) is 2. The van der Waals surface area contributed by atoms with Gasteiger partial charge in [0, 0.05) is 0 Å². The Hall–Kier alpha value is -2.32. The first-order valence-corrected chi connectivity index (χ1v) is 8.84. The summed E-state index contributed by atoms with van der Waals surface area (Å²) < 4.78 is 9.79. The van der Waals surface area contributed by atoms with Crippen molar-refractivity contribution in [3.8, 4) is 0 Å². The number of alkyl carbamates (subject to hydrolysis) is 1. The predicted molar refractivity (Wildman–Crippen MR) is 106 cm³/mol. The third-order valence-electron chi connectivity index (χ3n) is 3.82. The minimum atomic E-state index is -0.950. The van der Waals surface area contributed by atoms with E-state index in [1.165, 1.54) is 7.11 Å². The average molecular weight is 417 g/mol. The maximum atomic E-state index is 11.9. The van der Waals surface area contributed by atoms with Crippen LogP contribution in [0.2, 0.25) is 0 Å². The molecule has 0 aliphatic carbocycles. The number of methoxy groups -OCH3 is 1. The molecule has 0 saturated heterocycles. The Morgan fingerprint density at radius 2 is 1.75 bits per heavy atom. The topological polar surface area (TPSA) is 114 Å². The largest absolute Gasteiger partial charge is 0.480 e. The lowest BCUT2D eigenvalue weighted by molar-refractivity contribution is -0.143. The molecule has 1 aromatic carbocycles. The minimum Gasteiger partial charge on any atom is -0.480 e. The third kappa shape index (κ3) is 10.1. The van der Waals surface area contributed by atoms with Gasteiger partial charge in [-0.1, -0.05) is 44.2 Å². The van der Waals surface area contributed by atoms with E-state index in [-0.39, 0.29) is 37.9 Å². The van der Waals surface area contributed by atoms with Gasteiger partial charge in [0.05, 0.1) is 7.11 Å². The number of carboxylic acids is 1. The number of ether oxygens (including phenoxy) is 2. The quantitative estimate of drug-likeness (QED) is 0.474. The standard InChI is InChI=1S/C19H28N2O6.ClH/c1-13(2)11-16(17(22)23)20-10-9-15(18(24)26-3)21-19(25)27-12-14-7-5-4-6-8-14;/h4-8,13,15-16,20H,9-12H2,1-3H3,(H,21,25)(H,22,23);1H/t15-,16+;/m1./s1. The zero-order valence-electron chi connectivity index (χ0n) is 16.3. The van der Waals surface area contributed by atoms with Crippen LogP contribution in [0.1, 0.15) is 32.3 Å². The maximum absolute atomic E-state index is 11.9. The molecule has 0 fully saturated rings. The molecular weight excluding hydrogens is 388 g/mol. The molecule has 0 heterocycles. The second kappa shape index (κ2) is 13.8. The highest BCUT2D eigenvalue weighted by Gasteiger charge is 2.24. The molecule has 0 saturated carbocycles. The molecule has 0 spiro atoms. The highest BCUT2D eigenvalue weighted by molar-refractivity contribution is 5.85. The van der Waals surface area contributed by atoms with Crippen molar-refractivity contribution in [2.75, 3.05) is 13.7 Å². The minimum absolute atomic E-state index is 0. The molecule has 0 unspecified atom stereocenters. The van der Waals surface area contributed by atoms with Crippen LogP contribution in [-0.2, 0) is 25.7 Å². The predicted octanol–water partition coefficient (Wildman–Crippen LogP) is 2.36. The number of halogens is 1. The Balaban J connectivity index is 0.00000729. The van der Waals surface area contributed by atoms with Crippen molar-refractivity contribution in [1.82, 2.24) is 10.6 Å². The number of hydrogen-bond acceptors (Lipinski definition) is 6. The van der Waals surface area contributed by atoms with Crippen LogP contribution in [0.5, 0.6) is 0 Å². The molecule has 8 nitrogen and oxygen atoms in total. The van der Waals surface area contributed by atoms with E-state index < -0.39 is 30.1 Å². The van der Waals surface area contributed by atoms with Gasteiger partial charge in [-0.15, -0.1) is 12.4 Å². The summed E-state index contributed by atoms with van der Waals surface area (Å²) in [5.41, 5.74) is 0.821. The molecule has 3 N–H and O–H groups in total. The third-order valence-corrected chi connectivity index (χ3v) is 3.82. The molecule has 1 aromatic rings. The van der Waals surface area contributed by atoms with Gasteiger partial charge in [-0.25, -0.2) is 9.59 Å². The summed E-state index contributed by atoms with van der Waals surface area (Å²) in [4.78, 5) is 35.1. The molecule has 2 atom stereocenters. The van der Waals surface area contributed by atoms with Crippen molar-refractivity contribution in [1.29, 1.82) is 0 Å². The van der Waals surface area contributed by atoms with Gasteiger partial charge in [0.2, 0.25) is 0 Å². The zero-order valence-corrected chi connectivity index (χ0v) is 17.2. The van der Waals surface area contributed by atoms with E-state index in [0.717, 1.165) is 5.56 Å². The van der Waals surface area contributed by atoms with Crippen molar-refractivity contribution < 1.29 is 29.0 Å². The zero-order chi connectivity index (χ0) is 20.2. The Kier molecular flexibility index (Phi) is 12.6. The van der Waals surface area contributed by atoms with E-state index in [2.05, 4.69) is 10.6 Å². The molecule has 158 valence electrons. The molecule has 0 aliphatic heterocycles. The summed E-state index contributed by atoms with van der Waals surface area (Å²) in [5, 5.41) is 14.6. The maximum Gasteiger partial charge on any atom is 0.408 e. The van der Waals surface area contributed by atoms with Crippen LogP contribution in [0.15, 0.2) is 30.3 Å². The molecule has 0 aromatic heterocycles. The van der Waals surface area contributed by atoms with Gasteiger partial charge >= 0.3 is 18.0 Å².